The summed E-state index contributed by atoms with van der Waals surface area (Å²) in [5, 5.41) is 0. The Hall–Kier alpha value is -2.37. The molecule has 168 valence electrons. The second kappa shape index (κ2) is 11.3. The number of hydrogen-bond acceptors (Lipinski definition) is 4. The molecule has 0 radical (unpaired) electrons. The van der Waals surface area contributed by atoms with Crippen LogP contribution in [0, 0.1) is 0 Å². The minimum atomic E-state index is 0.0987. The number of piperazine rings is 1. The summed E-state index contributed by atoms with van der Waals surface area (Å²) in [5.74, 6) is 0.0987. The maximum atomic E-state index is 12.7. The van der Waals surface area contributed by atoms with Crippen molar-refractivity contribution in [2.45, 2.75) is 39.7 Å². The molecular weight excluding hydrogens is 384 g/mol. The molecule has 0 saturated carbocycles. The summed E-state index contributed by atoms with van der Waals surface area (Å²) in [6, 6.07) is 16.6. The molecular formula is C26H38N4O. The second-order valence-electron chi connectivity index (χ2n) is 8.40. The van der Waals surface area contributed by atoms with Crippen LogP contribution in [0.25, 0.3) is 0 Å². The molecule has 1 amide bonds. The van der Waals surface area contributed by atoms with Crippen molar-refractivity contribution in [2.75, 3.05) is 51.5 Å². The third kappa shape index (κ3) is 5.86. The van der Waals surface area contributed by atoms with Gasteiger partial charge in [0.2, 0.25) is 0 Å². The third-order valence-corrected chi connectivity index (χ3v) is 6.35. The Labute approximate surface area is 187 Å². The van der Waals surface area contributed by atoms with Crippen LogP contribution in [0.3, 0.4) is 0 Å². The van der Waals surface area contributed by atoms with Gasteiger partial charge in [0.15, 0.2) is 0 Å². The Kier molecular flexibility index (Phi) is 8.50. The summed E-state index contributed by atoms with van der Waals surface area (Å²) in [4.78, 5) is 19.7. The molecule has 0 bridgehead atoms. The van der Waals surface area contributed by atoms with Gasteiger partial charge < -0.3 is 15.5 Å². The fourth-order valence-electron chi connectivity index (χ4n) is 4.47. The van der Waals surface area contributed by atoms with Crippen LogP contribution < -0.4 is 5.73 Å². The molecule has 31 heavy (non-hydrogen) atoms. The van der Waals surface area contributed by atoms with Gasteiger partial charge in [-0.05, 0) is 62.2 Å². The molecule has 2 N–H and O–H groups in total. The molecule has 1 heterocycles. The second-order valence-corrected chi connectivity index (χ2v) is 8.40. The van der Waals surface area contributed by atoms with Crippen molar-refractivity contribution < 1.29 is 4.79 Å². The molecule has 0 aliphatic carbocycles. The molecule has 2 aromatic carbocycles. The highest BCUT2D eigenvalue weighted by Gasteiger charge is 2.26. The van der Waals surface area contributed by atoms with Gasteiger partial charge >= 0.3 is 0 Å². The Morgan fingerprint density at radius 3 is 2.23 bits per heavy atom. The van der Waals surface area contributed by atoms with Crippen molar-refractivity contribution in [3.63, 3.8) is 0 Å². The summed E-state index contributed by atoms with van der Waals surface area (Å²) < 4.78 is 0. The molecule has 2 aromatic rings. The number of carbonyl (C=O) groups excluding carboxylic acids is 1. The van der Waals surface area contributed by atoms with E-state index < -0.39 is 0 Å². The van der Waals surface area contributed by atoms with E-state index in [9.17, 15) is 4.79 Å². The number of rotatable bonds is 9. The average molecular weight is 423 g/mol. The summed E-state index contributed by atoms with van der Waals surface area (Å²) >= 11 is 0. The maximum absolute atomic E-state index is 12.7. The van der Waals surface area contributed by atoms with Crippen molar-refractivity contribution in [2.24, 2.45) is 0 Å². The number of amides is 1. The molecule has 0 aromatic heterocycles. The first-order chi connectivity index (χ1) is 15.1. The van der Waals surface area contributed by atoms with Crippen molar-refractivity contribution in [3.8, 4) is 0 Å². The molecule has 0 unspecified atom stereocenters. The molecule has 3 rings (SSSR count). The first kappa shape index (κ1) is 23.3. The van der Waals surface area contributed by atoms with E-state index in [4.69, 9.17) is 5.73 Å². The number of anilines is 1. The van der Waals surface area contributed by atoms with E-state index in [-0.39, 0.29) is 11.9 Å². The van der Waals surface area contributed by atoms with Crippen LogP contribution in [0.2, 0.25) is 0 Å². The monoisotopic (exact) mass is 422 g/mol. The van der Waals surface area contributed by atoms with E-state index in [0.717, 1.165) is 50.5 Å². The summed E-state index contributed by atoms with van der Waals surface area (Å²) in [6.07, 6.45) is 2.51. The molecule has 0 spiro atoms. The lowest BCUT2D eigenvalue weighted by Crippen LogP contribution is -2.48. The zero-order chi connectivity index (χ0) is 22.2. The van der Waals surface area contributed by atoms with Crippen molar-refractivity contribution in [3.05, 3.63) is 65.2 Å². The number of nitrogens with zero attached hydrogens (tertiary/aromatic N) is 3. The average Bonchev–Trinajstić information content (AvgIpc) is 2.80. The lowest BCUT2D eigenvalue weighted by atomic mass is 9.95. The van der Waals surface area contributed by atoms with E-state index in [2.05, 4.69) is 41.0 Å². The fourth-order valence-corrected chi connectivity index (χ4v) is 4.47. The SMILES string of the molecule is CCCCN1CCN([C@H](c2ccc(C(=O)N(CC)CC)cc2)c2cccc(N)c2)CC1. The van der Waals surface area contributed by atoms with Gasteiger partial charge in [-0.3, -0.25) is 9.69 Å². The zero-order valence-electron chi connectivity index (χ0n) is 19.4. The first-order valence-corrected chi connectivity index (χ1v) is 11.8. The van der Waals surface area contributed by atoms with E-state index in [0.29, 0.717) is 0 Å². The molecule has 1 saturated heterocycles. The summed E-state index contributed by atoms with van der Waals surface area (Å²) in [6.45, 7) is 13.2. The Bertz CT molecular complexity index is 824. The number of nitrogens with two attached hydrogens (primary N) is 1. The molecule has 1 aliphatic rings. The van der Waals surface area contributed by atoms with Gasteiger partial charge in [-0.25, -0.2) is 0 Å². The summed E-state index contributed by atoms with van der Waals surface area (Å²) in [7, 11) is 0. The topological polar surface area (TPSA) is 52.8 Å². The number of unbranched alkanes of at least 4 members (excludes halogenated alkanes) is 1. The van der Waals surface area contributed by atoms with Crippen molar-refractivity contribution in [1.82, 2.24) is 14.7 Å². The van der Waals surface area contributed by atoms with Gasteiger partial charge in [-0.15, -0.1) is 0 Å². The number of carbonyl (C=O) groups is 1. The van der Waals surface area contributed by atoms with Crippen LogP contribution >= 0.6 is 0 Å². The molecule has 5 heteroatoms. The largest absolute Gasteiger partial charge is 0.399 e. The van der Waals surface area contributed by atoms with Crippen molar-refractivity contribution in [1.29, 1.82) is 0 Å². The van der Waals surface area contributed by atoms with Crippen LogP contribution in [0.4, 0.5) is 5.69 Å². The molecule has 1 atom stereocenters. The smallest absolute Gasteiger partial charge is 0.253 e. The number of nitrogen functional groups attached to an aromatic ring is 1. The van der Waals surface area contributed by atoms with E-state index >= 15 is 0 Å². The zero-order valence-corrected chi connectivity index (χ0v) is 19.4. The molecule has 5 nitrogen and oxygen atoms in total. The third-order valence-electron chi connectivity index (χ3n) is 6.35. The minimum absolute atomic E-state index is 0.0987. The van der Waals surface area contributed by atoms with Crippen LogP contribution in [-0.2, 0) is 0 Å². The number of hydrogen-bond donors (Lipinski definition) is 1. The predicted octanol–water partition coefficient (Wildman–Crippen LogP) is 4.26. The quantitative estimate of drug-likeness (QED) is 0.614. The van der Waals surface area contributed by atoms with Gasteiger partial charge in [-0.2, -0.15) is 0 Å². The predicted molar refractivity (Wildman–Crippen MR) is 129 cm³/mol. The lowest BCUT2D eigenvalue weighted by molar-refractivity contribution is 0.0773. The van der Waals surface area contributed by atoms with Gasteiger partial charge in [-0.1, -0.05) is 37.6 Å². The van der Waals surface area contributed by atoms with Crippen LogP contribution in [0.5, 0.6) is 0 Å². The Morgan fingerprint density at radius 1 is 0.968 bits per heavy atom. The van der Waals surface area contributed by atoms with Crippen LogP contribution in [0.15, 0.2) is 48.5 Å². The van der Waals surface area contributed by atoms with E-state index in [1.54, 1.807) is 0 Å². The van der Waals surface area contributed by atoms with E-state index in [1.165, 1.54) is 30.5 Å². The van der Waals surface area contributed by atoms with Gasteiger partial charge in [0.1, 0.15) is 0 Å². The van der Waals surface area contributed by atoms with Gasteiger partial charge in [0.05, 0.1) is 6.04 Å². The lowest BCUT2D eigenvalue weighted by Gasteiger charge is -2.40. The fraction of sp³-hybridized carbons (Fsp3) is 0.500. The Morgan fingerprint density at radius 2 is 1.65 bits per heavy atom. The number of benzene rings is 2. The maximum Gasteiger partial charge on any atom is 0.253 e. The summed E-state index contributed by atoms with van der Waals surface area (Å²) in [5.41, 5.74) is 10.1. The standard InChI is InChI=1S/C26H38N4O/c1-4-7-15-28-16-18-30(19-17-28)25(23-9-8-10-24(27)20-23)21-11-13-22(14-12-21)26(31)29(5-2)6-3/h8-14,20,25H,4-7,15-19,27H2,1-3H3/t25-/m1/s1. The molecule has 1 fully saturated rings. The highest BCUT2D eigenvalue weighted by molar-refractivity contribution is 5.94. The highest BCUT2D eigenvalue weighted by Crippen LogP contribution is 2.31. The Balaban J connectivity index is 1.83. The highest BCUT2D eigenvalue weighted by atomic mass is 16.2. The van der Waals surface area contributed by atoms with E-state index in [1.807, 2.05) is 43.0 Å². The first-order valence-electron chi connectivity index (χ1n) is 11.8. The molecule has 1 aliphatic heterocycles. The minimum Gasteiger partial charge on any atom is -0.399 e. The van der Waals surface area contributed by atoms with Crippen molar-refractivity contribution >= 4 is 11.6 Å². The van der Waals surface area contributed by atoms with Crippen LogP contribution in [-0.4, -0.2) is 66.4 Å². The van der Waals surface area contributed by atoms with Crippen LogP contribution in [0.1, 0.15) is 61.1 Å². The normalized spacial score (nSPS) is 16.2. The van der Waals surface area contributed by atoms with Gasteiger partial charge in [0.25, 0.3) is 5.91 Å². The van der Waals surface area contributed by atoms with Gasteiger partial charge in [0, 0.05) is 50.5 Å².